The fraction of sp³-hybridized carbons (Fsp3) is 0.333. The Bertz CT molecular complexity index is 611. The van der Waals surface area contributed by atoms with Crippen molar-refractivity contribution in [1.29, 1.82) is 0 Å². The first-order valence-corrected chi connectivity index (χ1v) is 7.00. The largest absolute Gasteiger partial charge is 0.345 e. The molecular weight excluding hydrogens is 289 g/mol. The number of ether oxygens (including phenoxy) is 1. The Balaban J connectivity index is 1.53. The number of carbonyl (C=O) groups is 2. The highest BCUT2D eigenvalue weighted by atomic mass is 19.1. The summed E-state index contributed by atoms with van der Waals surface area (Å²) < 4.78 is 18.3. The first-order chi connectivity index (χ1) is 10.6. The number of hydrogen-bond donors (Lipinski definition) is 3. The molecule has 0 saturated heterocycles. The van der Waals surface area contributed by atoms with Crippen molar-refractivity contribution >= 4 is 11.9 Å². The van der Waals surface area contributed by atoms with Gasteiger partial charge in [0.25, 0.3) is 0 Å². The third-order valence-corrected chi connectivity index (χ3v) is 3.68. The van der Waals surface area contributed by atoms with Crippen LogP contribution in [-0.2, 0) is 15.1 Å². The lowest BCUT2D eigenvalue weighted by Crippen LogP contribution is -2.46. The number of rotatable bonds is 5. The molecule has 3 amide bonds. The van der Waals surface area contributed by atoms with E-state index in [0.29, 0.717) is 0 Å². The van der Waals surface area contributed by atoms with Crippen molar-refractivity contribution in [2.45, 2.75) is 24.6 Å². The van der Waals surface area contributed by atoms with Crippen LogP contribution in [0, 0.1) is 5.82 Å². The Morgan fingerprint density at radius 1 is 1.36 bits per heavy atom. The summed E-state index contributed by atoms with van der Waals surface area (Å²) in [6.45, 7) is -0.168. The summed E-state index contributed by atoms with van der Waals surface area (Å²) in [6.07, 6.45) is 4.06. The quantitative estimate of drug-likeness (QED) is 0.762. The van der Waals surface area contributed by atoms with Crippen LogP contribution in [-0.4, -0.2) is 24.8 Å². The molecule has 1 heterocycles. The van der Waals surface area contributed by atoms with Gasteiger partial charge in [-0.05, 0) is 36.6 Å². The SMILES string of the molecule is O=C(COC1C=CNC(=O)N1)NC1(c2ccc(F)cc2)CC1. The van der Waals surface area contributed by atoms with Gasteiger partial charge in [-0.1, -0.05) is 12.1 Å². The van der Waals surface area contributed by atoms with Gasteiger partial charge in [-0.15, -0.1) is 0 Å². The molecule has 1 aliphatic heterocycles. The molecule has 1 saturated carbocycles. The second-order valence-corrected chi connectivity index (χ2v) is 5.35. The van der Waals surface area contributed by atoms with E-state index in [9.17, 15) is 14.0 Å². The topological polar surface area (TPSA) is 79.5 Å². The van der Waals surface area contributed by atoms with E-state index in [-0.39, 0.29) is 24.4 Å². The van der Waals surface area contributed by atoms with Gasteiger partial charge in [0.05, 0.1) is 5.54 Å². The van der Waals surface area contributed by atoms with E-state index in [4.69, 9.17) is 4.74 Å². The number of urea groups is 1. The first-order valence-electron chi connectivity index (χ1n) is 7.00. The molecule has 1 unspecified atom stereocenters. The molecule has 2 aliphatic rings. The third-order valence-electron chi connectivity index (χ3n) is 3.68. The van der Waals surface area contributed by atoms with Crippen LogP contribution in [0.15, 0.2) is 36.5 Å². The van der Waals surface area contributed by atoms with E-state index in [1.807, 2.05) is 0 Å². The van der Waals surface area contributed by atoms with Crippen LogP contribution in [0.5, 0.6) is 0 Å². The van der Waals surface area contributed by atoms with Gasteiger partial charge in [0, 0.05) is 6.20 Å². The Hall–Kier alpha value is -2.41. The lowest BCUT2D eigenvalue weighted by atomic mass is 10.1. The van der Waals surface area contributed by atoms with Gasteiger partial charge in [-0.3, -0.25) is 4.79 Å². The van der Waals surface area contributed by atoms with Crippen LogP contribution < -0.4 is 16.0 Å². The molecule has 0 bridgehead atoms. The minimum Gasteiger partial charge on any atom is -0.345 e. The number of hydrogen-bond acceptors (Lipinski definition) is 3. The lowest BCUT2D eigenvalue weighted by Gasteiger charge is -2.21. The average molecular weight is 305 g/mol. The number of halogens is 1. The molecule has 1 aromatic rings. The minimum atomic E-state index is -0.625. The van der Waals surface area contributed by atoms with Gasteiger partial charge in [0.2, 0.25) is 5.91 Å². The fourth-order valence-electron chi connectivity index (χ4n) is 2.38. The van der Waals surface area contributed by atoms with Crippen molar-refractivity contribution in [1.82, 2.24) is 16.0 Å². The normalized spacial score (nSPS) is 21.7. The van der Waals surface area contributed by atoms with Crippen molar-refractivity contribution in [2.75, 3.05) is 6.61 Å². The summed E-state index contributed by atoms with van der Waals surface area (Å²) in [5, 5.41) is 7.85. The number of nitrogens with one attached hydrogen (secondary N) is 3. The summed E-state index contributed by atoms with van der Waals surface area (Å²) in [4.78, 5) is 23.1. The molecule has 1 aliphatic carbocycles. The summed E-state index contributed by atoms with van der Waals surface area (Å²) in [6, 6.07) is 5.75. The highest BCUT2D eigenvalue weighted by Crippen LogP contribution is 2.45. The molecule has 7 heteroatoms. The van der Waals surface area contributed by atoms with E-state index in [2.05, 4.69) is 16.0 Å². The van der Waals surface area contributed by atoms with Crippen LogP contribution in [0.25, 0.3) is 0 Å². The summed E-state index contributed by atoms with van der Waals surface area (Å²) >= 11 is 0. The Kier molecular flexibility index (Phi) is 3.81. The lowest BCUT2D eigenvalue weighted by molar-refractivity contribution is -0.128. The van der Waals surface area contributed by atoms with Crippen LogP contribution >= 0.6 is 0 Å². The number of amides is 3. The maximum absolute atomic E-state index is 13.0. The van der Waals surface area contributed by atoms with Crippen molar-refractivity contribution in [3.63, 3.8) is 0 Å². The Morgan fingerprint density at radius 2 is 2.09 bits per heavy atom. The van der Waals surface area contributed by atoms with Crippen LogP contribution in [0.2, 0.25) is 0 Å². The summed E-state index contributed by atoms with van der Waals surface area (Å²) in [5.41, 5.74) is 0.471. The molecule has 0 radical (unpaired) electrons. The van der Waals surface area contributed by atoms with Crippen molar-refractivity contribution in [3.8, 4) is 0 Å². The van der Waals surface area contributed by atoms with E-state index < -0.39 is 11.8 Å². The second-order valence-electron chi connectivity index (χ2n) is 5.35. The highest BCUT2D eigenvalue weighted by Gasteiger charge is 2.45. The van der Waals surface area contributed by atoms with Crippen molar-refractivity contribution in [3.05, 3.63) is 47.9 Å². The number of carbonyl (C=O) groups excluding carboxylic acids is 2. The first kappa shape index (κ1) is 14.5. The number of benzene rings is 1. The monoisotopic (exact) mass is 305 g/mol. The van der Waals surface area contributed by atoms with E-state index >= 15 is 0 Å². The van der Waals surface area contributed by atoms with E-state index in [0.717, 1.165) is 18.4 Å². The smallest absolute Gasteiger partial charge is 0.321 e. The van der Waals surface area contributed by atoms with Gasteiger partial charge in [0.1, 0.15) is 12.4 Å². The van der Waals surface area contributed by atoms with Gasteiger partial charge >= 0.3 is 6.03 Å². The molecule has 3 N–H and O–H groups in total. The molecule has 1 fully saturated rings. The molecule has 6 nitrogen and oxygen atoms in total. The molecule has 22 heavy (non-hydrogen) atoms. The zero-order valence-electron chi connectivity index (χ0n) is 11.8. The molecular formula is C15H16FN3O3. The molecule has 0 aromatic heterocycles. The summed E-state index contributed by atoms with van der Waals surface area (Å²) in [5.74, 6) is -0.578. The highest BCUT2D eigenvalue weighted by molar-refractivity contribution is 5.79. The van der Waals surface area contributed by atoms with Gasteiger partial charge in [-0.2, -0.15) is 0 Å². The van der Waals surface area contributed by atoms with Crippen LogP contribution in [0.4, 0.5) is 9.18 Å². The predicted octanol–water partition coefficient (Wildman–Crippen LogP) is 1.10. The second kappa shape index (κ2) is 5.76. The standard InChI is InChI=1S/C15H16FN3O3/c16-11-3-1-10(2-4-11)15(6-7-15)19-12(20)9-22-13-5-8-17-14(21)18-13/h1-5,8,13H,6-7,9H2,(H,19,20)(H2,17,18,21). The molecule has 0 spiro atoms. The van der Waals surface area contributed by atoms with Crippen molar-refractivity contribution < 1.29 is 18.7 Å². The molecule has 3 rings (SSSR count). The maximum Gasteiger partial charge on any atom is 0.321 e. The zero-order valence-corrected chi connectivity index (χ0v) is 11.8. The van der Waals surface area contributed by atoms with E-state index in [1.165, 1.54) is 18.3 Å². The minimum absolute atomic E-state index is 0.168. The molecule has 1 aromatic carbocycles. The van der Waals surface area contributed by atoms with E-state index in [1.54, 1.807) is 18.2 Å². The van der Waals surface area contributed by atoms with Crippen molar-refractivity contribution in [2.24, 2.45) is 0 Å². The van der Waals surface area contributed by atoms with Gasteiger partial charge in [-0.25, -0.2) is 9.18 Å². The molecule has 1 atom stereocenters. The van der Waals surface area contributed by atoms with Crippen LogP contribution in [0.3, 0.4) is 0 Å². The van der Waals surface area contributed by atoms with Gasteiger partial charge in [0.15, 0.2) is 6.23 Å². The Morgan fingerprint density at radius 3 is 2.73 bits per heavy atom. The molecule has 116 valence electrons. The average Bonchev–Trinajstić information content (AvgIpc) is 3.27. The zero-order chi connectivity index (χ0) is 15.6. The Labute approximate surface area is 126 Å². The van der Waals surface area contributed by atoms with Crippen LogP contribution in [0.1, 0.15) is 18.4 Å². The third kappa shape index (κ3) is 3.25. The fourth-order valence-corrected chi connectivity index (χ4v) is 2.38. The predicted molar refractivity (Wildman–Crippen MR) is 76.0 cm³/mol. The maximum atomic E-state index is 13.0. The summed E-state index contributed by atoms with van der Waals surface area (Å²) in [7, 11) is 0. The van der Waals surface area contributed by atoms with Gasteiger partial charge < -0.3 is 20.7 Å².